The first kappa shape index (κ1) is 58.5. The van der Waals surface area contributed by atoms with Crippen LogP contribution in [0.1, 0.15) is 89.5 Å². The first-order valence-corrected chi connectivity index (χ1v) is 28.0. The Hall–Kier alpha value is -4.07. The summed E-state index contributed by atoms with van der Waals surface area (Å²) in [5, 5.41) is 9.92. The van der Waals surface area contributed by atoms with E-state index in [0.717, 1.165) is 16.5 Å². The highest BCUT2D eigenvalue weighted by atomic mass is 32.2. The lowest BCUT2D eigenvalue weighted by molar-refractivity contribution is -0.137. The Balaban J connectivity index is 1.68. The van der Waals surface area contributed by atoms with Gasteiger partial charge in [-0.1, -0.05) is 33.3 Å². The van der Waals surface area contributed by atoms with Gasteiger partial charge in [0.2, 0.25) is 5.36 Å². The van der Waals surface area contributed by atoms with Crippen LogP contribution in [0.15, 0.2) is 69.6 Å². The van der Waals surface area contributed by atoms with Crippen LogP contribution in [-0.2, 0) is 69.7 Å². The van der Waals surface area contributed by atoms with E-state index in [0.29, 0.717) is 120 Å². The third-order valence-corrected chi connectivity index (χ3v) is 14.2. The average Bonchev–Trinajstić information content (AvgIpc) is 3.49. The fraction of sp³-hybridized carbons (Fsp3) is 0.583. The molecule has 22 heteroatoms. The number of nitrogens with zero attached hydrogens (tertiary/aromatic N) is 2. The SMILES string of the molecule is COCCOCCOCCOCCOCC[N+](CCCS(=O)(=O)O)=c1ccc2c(C(C)(C)C)cc(C=CC=C3N(CCCCCC(=O)O)c4ccc(S(=O)(=O)O)cc4C3(C)CCCS(=O)(=O)O)oc-2c1. The molecule has 0 aromatic heterocycles. The van der Waals surface area contributed by atoms with Crippen LogP contribution >= 0.6 is 0 Å². The molecule has 1 atom stereocenters. The first-order chi connectivity index (χ1) is 32.9. The van der Waals surface area contributed by atoms with Gasteiger partial charge < -0.3 is 38.1 Å². The molecule has 19 nitrogen and oxygen atoms in total. The fourth-order valence-electron chi connectivity index (χ4n) is 8.24. The van der Waals surface area contributed by atoms with Crippen LogP contribution in [-0.4, -0.2) is 148 Å². The summed E-state index contributed by atoms with van der Waals surface area (Å²) in [5.74, 6) is -0.848. The van der Waals surface area contributed by atoms with Crippen molar-refractivity contribution >= 4 is 48.1 Å². The van der Waals surface area contributed by atoms with Gasteiger partial charge in [0.25, 0.3) is 30.4 Å². The molecule has 1 unspecified atom stereocenters. The van der Waals surface area contributed by atoms with E-state index in [1.165, 1.54) is 12.1 Å². The Morgan fingerprint density at radius 2 is 1.37 bits per heavy atom. The van der Waals surface area contributed by atoms with Crippen LogP contribution in [0.3, 0.4) is 0 Å². The lowest BCUT2D eigenvalue weighted by Crippen LogP contribution is -2.35. The lowest BCUT2D eigenvalue weighted by Gasteiger charge is -2.30. The predicted molar refractivity (Wildman–Crippen MR) is 265 cm³/mol. The van der Waals surface area contributed by atoms with E-state index >= 15 is 0 Å². The van der Waals surface area contributed by atoms with Crippen molar-refractivity contribution in [2.75, 3.05) is 103 Å². The Morgan fingerprint density at radius 3 is 1.96 bits per heavy atom. The minimum Gasteiger partial charge on any atom is -0.481 e. The molecular weight excluding hydrogens is 973 g/mol. The molecule has 4 N–H and O–H groups in total. The highest BCUT2D eigenvalue weighted by Gasteiger charge is 2.43. The molecule has 0 saturated carbocycles. The van der Waals surface area contributed by atoms with Crippen LogP contribution in [0.25, 0.3) is 17.4 Å². The van der Waals surface area contributed by atoms with Gasteiger partial charge in [0.1, 0.15) is 24.7 Å². The standard InChI is InChI=1S/C48H70N2O17S3/c1-47(2,3)41-35-38(67-44-34-37(15-17-40(41)44)49(20-11-33-69(56,57)58)22-23-63-26-27-65-30-31-66-29-28-64-25-24-62-5)12-9-13-45-48(4,19-10-32-68(53,54)55)42-36-39(70(59,60)61)16-18-43(42)50(45)21-8-6-7-14-46(51)52/h9,12-13,15-18,34-36H,6-8,10-11,14,19-33H2,1-5H3,(H3-,51,52,53,54,55,56,57,58,59,60,61)/p+1. The van der Waals surface area contributed by atoms with Gasteiger partial charge in [0.05, 0.1) is 75.3 Å². The van der Waals surface area contributed by atoms with Gasteiger partial charge in [-0.3, -0.25) is 18.5 Å². The number of benzene rings is 2. The molecule has 1 aromatic rings. The summed E-state index contributed by atoms with van der Waals surface area (Å²) in [7, 11) is -11.5. The van der Waals surface area contributed by atoms with Crippen molar-refractivity contribution in [2.24, 2.45) is 0 Å². The Bertz CT molecular complexity index is 2620. The molecule has 0 spiro atoms. The molecule has 0 radical (unpaired) electrons. The highest BCUT2D eigenvalue weighted by Crippen LogP contribution is 2.51. The summed E-state index contributed by atoms with van der Waals surface area (Å²) in [6, 6.07) is 11.9. The molecule has 0 saturated heterocycles. The zero-order valence-electron chi connectivity index (χ0n) is 40.8. The number of carbonyl (C=O) groups is 1. The number of carboxylic acids is 1. The molecule has 0 amide bonds. The van der Waals surface area contributed by atoms with E-state index in [-0.39, 0.29) is 42.5 Å². The second-order valence-corrected chi connectivity index (χ2v) is 22.8. The van der Waals surface area contributed by atoms with Gasteiger partial charge >= 0.3 is 5.97 Å². The highest BCUT2D eigenvalue weighted by molar-refractivity contribution is 7.86. The third-order valence-electron chi connectivity index (χ3n) is 11.7. The van der Waals surface area contributed by atoms with Crippen LogP contribution in [0.5, 0.6) is 0 Å². The van der Waals surface area contributed by atoms with Crippen molar-refractivity contribution in [1.82, 2.24) is 4.58 Å². The molecule has 3 aliphatic rings. The minimum atomic E-state index is -4.62. The summed E-state index contributed by atoms with van der Waals surface area (Å²) in [6.07, 6.45) is 7.33. The van der Waals surface area contributed by atoms with Crippen LogP contribution in [0.4, 0.5) is 5.69 Å². The maximum Gasteiger partial charge on any atom is 0.303 e. The van der Waals surface area contributed by atoms with Gasteiger partial charge in [-0.2, -0.15) is 25.3 Å². The molecule has 4 rings (SSSR count). The maximum absolute atomic E-state index is 12.4. The Labute approximate surface area is 412 Å². The van der Waals surface area contributed by atoms with Gasteiger partial charge in [-0.15, -0.1) is 0 Å². The van der Waals surface area contributed by atoms with E-state index in [9.17, 15) is 48.8 Å². The van der Waals surface area contributed by atoms with E-state index in [4.69, 9.17) is 28.1 Å². The van der Waals surface area contributed by atoms with Gasteiger partial charge in [0, 0.05) is 54.9 Å². The van der Waals surface area contributed by atoms with Gasteiger partial charge in [-0.05, 0) is 91.6 Å². The molecular formula is C48H71N2O17S3+. The number of hydrogen-bond acceptors (Lipinski definition) is 14. The number of fused-ring (bicyclic) bond motifs is 2. The molecule has 0 bridgehead atoms. The van der Waals surface area contributed by atoms with E-state index in [1.54, 1.807) is 25.3 Å². The topological polar surface area (TPSA) is 266 Å². The number of rotatable bonds is 32. The summed E-state index contributed by atoms with van der Waals surface area (Å²) < 4.78 is 137. The second-order valence-electron chi connectivity index (χ2n) is 18.2. The second kappa shape index (κ2) is 27.1. The Kier molecular flexibility index (Phi) is 22.7. The van der Waals surface area contributed by atoms with Crippen LogP contribution in [0.2, 0.25) is 0 Å². The summed E-state index contributed by atoms with van der Waals surface area (Å²) in [4.78, 5) is 12.9. The smallest absolute Gasteiger partial charge is 0.303 e. The summed E-state index contributed by atoms with van der Waals surface area (Å²) in [5.41, 5.74) is 2.30. The van der Waals surface area contributed by atoms with Crippen molar-refractivity contribution in [1.29, 1.82) is 0 Å². The molecule has 2 aliphatic heterocycles. The molecule has 2 heterocycles. The molecule has 1 aromatic carbocycles. The van der Waals surface area contributed by atoms with Crippen molar-refractivity contribution in [2.45, 2.75) is 88.4 Å². The Morgan fingerprint density at radius 1 is 0.757 bits per heavy atom. The van der Waals surface area contributed by atoms with Crippen molar-refractivity contribution < 1.29 is 76.9 Å². The van der Waals surface area contributed by atoms with Crippen molar-refractivity contribution in [3.8, 4) is 11.3 Å². The zero-order chi connectivity index (χ0) is 51.6. The van der Waals surface area contributed by atoms with E-state index < -0.39 is 53.2 Å². The zero-order valence-corrected chi connectivity index (χ0v) is 43.3. The molecule has 0 fully saturated rings. The molecule has 70 heavy (non-hydrogen) atoms. The normalized spacial score (nSPS) is 16.7. The summed E-state index contributed by atoms with van der Waals surface area (Å²) in [6.45, 7) is 12.8. The molecule has 392 valence electrons. The van der Waals surface area contributed by atoms with Gasteiger partial charge in [0.15, 0.2) is 6.54 Å². The lowest BCUT2D eigenvalue weighted by atomic mass is 9.77. The largest absolute Gasteiger partial charge is 0.481 e. The quantitative estimate of drug-likeness (QED) is 0.0333. The predicted octanol–water partition coefficient (Wildman–Crippen LogP) is 5.68. The number of aliphatic carboxylic acids is 1. The average molecular weight is 1040 g/mol. The van der Waals surface area contributed by atoms with Crippen LogP contribution < -0.4 is 14.8 Å². The number of hydrogen-bond donors (Lipinski definition) is 4. The monoisotopic (exact) mass is 1040 g/mol. The summed E-state index contributed by atoms with van der Waals surface area (Å²) >= 11 is 0. The van der Waals surface area contributed by atoms with Gasteiger partial charge in [-0.25, -0.2) is 4.58 Å². The first-order valence-electron chi connectivity index (χ1n) is 23.3. The number of anilines is 1. The molecule has 1 aliphatic carbocycles. The number of unbranched alkanes of at least 4 members (excludes halogenated alkanes) is 2. The van der Waals surface area contributed by atoms with E-state index in [2.05, 4.69) is 20.8 Å². The third kappa shape index (κ3) is 19.2. The number of methoxy groups -OCH3 is 1. The maximum atomic E-state index is 12.4. The number of carboxylic acid groups (broad SMARTS) is 1. The van der Waals surface area contributed by atoms with Crippen LogP contribution in [0, 0.1) is 0 Å². The number of ether oxygens (including phenoxy) is 5. The minimum absolute atomic E-state index is 0.00231. The number of allylic oxidation sites excluding steroid dienone is 3. The fourth-order valence-corrected chi connectivity index (χ4v) is 9.75. The van der Waals surface area contributed by atoms with Crippen molar-refractivity contribution in [3.05, 3.63) is 82.6 Å². The van der Waals surface area contributed by atoms with E-state index in [1.807, 2.05) is 46.7 Å². The van der Waals surface area contributed by atoms with Crippen molar-refractivity contribution in [3.63, 3.8) is 0 Å².